The third-order valence-corrected chi connectivity index (χ3v) is 5.84. The number of nitrogens with zero attached hydrogens (tertiary/aromatic N) is 2. The molecule has 1 fully saturated rings. The van der Waals surface area contributed by atoms with Gasteiger partial charge in [-0.05, 0) is 29.8 Å². The number of imidazole rings is 1. The molecule has 4 rings (SSSR count). The van der Waals surface area contributed by atoms with E-state index in [1.165, 1.54) is 11.3 Å². The van der Waals surface area contributed by atoms with Crippen molar-refractivity contribution in [2.45, 2.75) is 12.6 Å². The number of ether oxygens (including phenoxy) is 1. The summed E-state index contributed by atoms with van der Waals surface area (Å²) in [6.07, 6.45) is 1.83. The van der Waals surface area contributed by atoms with E-state index >= 15 is 0 Å². The molecule has 2 aromatic heterocycles. The highest BCUT2D eigenvalue weighted by Crippen LogP contribution is 2.32. The monoisotopic (exact) mass is 403 g/mol. The maximum atomic E-state index is 11.0. The van der Waals surface area contributed by atoms with Crippen molar-refractivity contribution in [3.8, 4) is 10.6 Å². The van der Waals surface area contributed by atoms with Crippen LogP contribution in [0.25, 0.3) is 10.6 Å². The first kappa shape index (κ1) is 18.2. The van der Waals surface area contributed by atoms with Gasteiger partial charge in [0.2, 0.25) is 0 Å². The molecule has 1 saturated heterocycles. The number of carboxylic acids is 1. The number of benzene rings is 1. The molecular formula is C19H18ClN3O3S. The van der Waals surface area contributed by atoms with Gasteiger partial charge in [-0.25, -0.2) is 9.78 Å². The second kappa shape index (κ2) is 7.82. The van der Waals surface area contributed by atoms with Crippen molar-refractivity contribution in [1.82, 2.24) is 14.9 Å². The molecule has 3 heterocycles. The number of aromatic carboxylic acids is 1. The molecule has 0 aliphatic carbocycles. The molecule has 1 aliphatic heterocycles. The number of halogens is 1. The number of morpholine rings is 1. The topological polar surface area (TPSA) is 78.4 Å². The quantitative estimate of drug-likeness (QED) is 0.671. The summed E-state index contributed by atoms with van der Waals surface area (Å²) < 4.78 is 6.42. The average molecular weight is 404 g/mol. The number of hydrogen-bond acceptors (Lipinski definition) is 5. The van der Waals surface area contributed by atoms with Crippen LogP contribution in [0, 0.1) is 0 Å². The van der Waals surface area contributed by atoms with E-state index in [0.29, 0.717) is 25.3 Å². The van der Waals surface area contributed by atoms with Crippen molar-refractivity contribution in [1.29, 1.82) is 0 Å². The number of carbonyl (C=O) groups is 1. The SMILES string of the molecule is O=C(O)c1ccc(CN2CCOCC2c2ncc(-c3ccc(Cl)s3)[nH]2)cc1. The molecule has 0 saturated carbocycles. The lowest BCUT2D eigenvalue weighted by Gasteiger charge is -2.34. The minimum Gasteiger partial charge on any atom is -0.478 e. The summed E-state index contributed by atoms with van der Waals surface area (Å²) in [6, 6.07) is 10.9. The van der Waals surface area contributed by atoms with Gasteiger partial charge >= 0.3 is 5.97 Å². The van der Waals surface area contributed by atoms with Crippen molar-refractivity contribution in [3.05, 3.63) is 63.9 Å². The van der Waals surface area contributed by atoms with Crippen LogP contribution >= 0.6 is 22.9 Å². The Morgan fingerprint density at radius 1 is 1.33 bits per heavy atom. The van der Waals surface area contributed by atoms with E-state index in [2.05, 4.69) is 14.9 Å². The van der Waals surface area contributed by atoms with E-state index in [-0.39, 0.29) is 6.04 Å². The van der Waals surface area contributed by atoms with Gasteiger partial charge in [0, 0.05) is 13.1 Å². The lowest BCUT2D eigenvalue weighted by Crippen LogP contribution is -2.39. The van der Waals surface area contributed by atoms with E-state index in [4.69, 9.17) is 21.4 Å². The number of aromatic amines is 1. The first-order valence-corrected chi connectivity index (χ1v) is 9.74. The van der Waals surface area contributed by atoms with Gasteiger partial charge in [0.05, 0.1) is 45.9 Å². The lowest BCUT2D eigenvalue weighted by atomic mass is 10.1. The minimum absolute atomic E-state index is 0.0158. The fourth-order valence-electron chi connectivity index (χ4n) is 3.16. The van der Waals surface area contributed by atoms with Crippen molar-refractivity contribution >= 4 is 28.9 Å². The second-order valence-electron chi connectivity index (χ2n) is 6.35. The smallest absolute Gasteiger partial charge is 0.335 e. The molecule has 0 bridgehead atoms. The molecule has 2 N–H and O–H groups in total. The summed E-state index contributed by atoms with van der Waals surface area (Å²) in [5.74, 6) is -0.0565. The van der Waals surface area contributed by atoms with Gasteiger partial charge in [0.1, 0.15) is 5.82 Å². The summed E-state index contributed by atoms with van der Waals surface area (Å²) in [7, 11) is 0. The van der Waals surface area contributed by atoms with Crippen LogP contribution in [0.15, 0.2) is 42.6 Å². The van der Waals surface area contributed by atoms with Gasteiger partial charge in [0.15, 0.2) is 0 Å². The van der Waals surface area contributed by atoms with Crippen LogP contribution in [0.3, 0.4) is 0 Å². The third kappa shape index (κ3) is 4.06. The molecule has 27 heavy (non-hydrogen) atoms. The van der Waals surface area contributed by atoms with Crippen molar-refractivity contribution in [3.63, 3.8) is 0 Å². The zero-order chi connectivity index (χ0) is 18.8. The highest BCUT2D eigenvalue weighted by molar-refractivity contribution is 7.19. The number of nitrogens with one attached hydrogen (secondary N) is 1. The number of thiophene rings is 1. The van der Waals surface area contributed by atoms with Crippen LogP contribution < -0.4 is 0 Å². The zero-order valence-corrected chi connectivity index (χ0v) is 16.0. The molecule has 140 valence electrons. The van der Waals surface area contributed by atoms with Crippen LogP contribution in [-0.4, -0.2) is 45.7 Å². The fourth-order valence-corrected chi connectivity index (χ4v) is 4.16. The number of H-pyrrole nitrogens is 1. The van der Waals surface area contributed by atoms with Crippen LogP contribution in [0.2, 0.25) is 4.34 Å². The predicted octanol–water partition coefficient (Wildman–Crippen LogP) is 4.06. The molecule has 3 aromatic rings. The Kier molecular flexibility index (Phi) is 5.27. The zero-order valence-electron chi connectivity index (χ0n) is 14.4. The molecule has 1 aromatic carbocycles. The Morgan fingerprint density at radius 2 is 2.15 bits per heavy atom. The summed E-state index contributed by atoms with van der Waals surface area (Å²) in [5.41, 5.74) is 2.30. The van der Waals surface area contributed by atoms with Gasteiger partial charge in [-0.3, -0.25) is 4.90 Å². The Balaban J connectivity index is 1.52. The van der Waals surface area contributed by atoms with Gasteiger partial charge in [-0.2, -0.15) is 0 Å². The summed E-state index contributed by atoms with van der Waals surface area (Å²) in [6.45, 7) is 2.71. The molecule has 1 unspecified atom stereocenters. The summed E-state index contributed by atoms with van der Waals surface area (Å²) in [5, 5.41) is 9.04. The highest BCUT2D eigenvalue weighted by Gasteiger charge is 2.27. The largest absolute Gasteiger partial charge is 0.478 e. The molecular weight excluding hydrogens is 386 g/mol. The van der Waals surface area contributed by atoms with E-state index in [1.54, 1.807) is 12.1 Å². The van der Waals surface area contributed by atoms with Gasteiger partial charge in [-0.1, -0.05) is 23.7 Å². The van der Waals surface area contributed by atoms with Gasteiger partial charge < -0.3 is 14.8 Å². The Labute approximate surface area is 165 Å². The standard InChI is InChI=1S/C19H18ClN3O3S/c20-17-6-5-16(27-17)14-9-21-18(22-14)15-11-26-8-7-23(15)10-12-1-3-13(4-2-12)19(24)25/h1-6,9,15H,7-8,10-11H2,(H,21,22)(H,24,25). The molecule has 0 radical (unpaired) electrons. The van der Waals surface area contributed by atoms with Crippen molar-refractivity contribution in [2.24, 2.45) is 0 Å². The molecule has 1 aliphatic rings. The third-order valence-electron chi connectivity index (χ3n) is 4.58. The number of carboxylic acid groups (broad SMARTS) is 1. The first-order valence-electron chi connectivity index (χ1n) is 8.55. The van der Waals surface area contributed by atoms with Gasteiger partial charge in [0.25, 0.3) is 0 Å². The summed E-state index contributed by atoms with van der Waals surface area (Å²) >= 11 is 7.54. The fraction of sp³-hybridized carbons (Fsp3) is 0.263. The molecule has 0 amide bonds. The molecule has 1 atom stereocenters. The van der Waals surface area contributed by atoms with Crippen LogP contribution in [-0.2, 0) is 11.3 Å². The van der Waals surface area contributed by atoms with Crippen LogP contribution in [0.1, 0.15) is 27.8 Å². The van der Waals surface area contributed by atoms with E-state index in [9.17, 15) is 4.79 Å². The molecule has 6 nitrogen and oxygen atoms in total. The summed E-state index contributed by atoms with van der Waals surface area (Å²) in [4.78, 5) is 22.3. The minimum atomic E-state index is -0.914. The molecule has 8 heteroatoms. The van der Waals surface area contributed by atoms with Gasteiger partial charge in [-0.15, -0.1) is 11.3 Å². The number of rotatable bonds is 5. The normalized spacial score (nSPS) is 17.9. The Bertz CT molecular complexity index is 938. The van der Waals surface area contributed by atoms with Crippen molar-refractivity contribution in [2.75, 3.05) is 19.8 Å². The Hall–Kier alpha value is -2.19. The van der Waals surface area contributed by atoms with Crippen LogP contribution in [0.4, 0.5) is 0 Å². The maximum Gasteiger partial charge on any atom is 0.335 e. The first-order chi connectivity index (χ1) is 13.1. The van der Waals surface area contributed by atoms with Crippen molar-refractivity contribution < 1.29 is 14.6 Å². The number of aromatic nitrogens is 2. The maximum absolute atomic E-state index is 11.0. The van der Waals surface area contributed by atoms with E-state index in [0.717, 1.165) is 32.8 Å². The Morgan fingerprint density at radius 3 is 2.85 bits per heavy atom. The average Bonchev–Trinajstić information content (AvgIpc) is 3.32. The van der Waals surface area contributed by atoms with E-state index < -0.39 is 5.97 Å². The lowest BCUT2D eigenvalue weighted by molar-refractivity contribution is -0.0156. The number of hydrogen-bond donors (Lipinski definition) is 2. The highest BCUT2D eigenvalue weighted by atomic mass is 35.5. The predicted molar refractivity (Wildman–Crippen MR) is 104 cm³/mol. The van der Waals surface area contributed by atoms with Crippen LogP contribution in [0.5, 0.6) is 0 Å². The molecule has 0 spiro atoms. The second-order valence-corrected chi connectivity index (χ2v) is 8.06. The van der Waals surface area contributed by atoms with E-state index in [1.807, 2.05) is 30.5 Å².